The molecule has 1 aromatic heterocycles. The highest BCUT2D eigenvalue weighted by atomic mass is 19.1. The van der Waals surface area contributed by atoms with Gasteiger partial charge in [0, 0.05) is 25.7 Å². The fraction of sp³-hybridized carbons (Fsp3) is 0.562. The van der Waals surface area contributed by atoms with Crippen LogP contribution in [0.15, 0.2) is 18.3 Å². The average Bonchev–Trinajstić information content (AvgIpc) is 2.54. The lowest BCUT2D eigenvalue weighted by Gasteiger charge is -2.31. The molecule has 2 heterocycles. The molecule has 0 spiro atoms. The van der Waals surface area contributed by atoms with Gasteiger partial charge in [-0.1, -0.05) is 0 Å². The number of hydrogen-bond donors (Lipinski definition) is 1. The zero-order chi connectivity index (χ0) is 15.9. The number of piperidine rings is 1. The Morgan fingerprint density at radius 1 is 1.36 bits per heavy atom. The number of hydrogen-bond acceptors (Lipinski definition) is 3. The summed E-state index contributed by atoms with van der Waals surface area (Å²) < 4.78 is 12.3. The fourth-order valence-electron chi connectivity index (χ4n) is 2.87. The number of aromatic nitrogens is 1. The van der Waals surface area contributed by atoms with Crippen molar-refractivity contribution in [2.75, 3.05) is 19.8 Å². The molecule has 2 amide bonds. The molecule has 2 N–H and O–H groups in total. The van der Waals surface area contributed by atoms with Crippen LogP contribution >= 0.6 is 0 Å². The van der Waals surface area contributed by atoms with E-state index in [1.165, 1.54) is 0 Å². The Labute approximate surface area is 129 Å². The molecule has 0 saturated carbocycles. The number of nitrogens with two attached hydrogens (primary N) is 1. The van der Waals surface area contributed by atoms with E-state index < -0.39 is 5.91 Å². The summed E-state index contributed by atoms with van der Waals surface area (Å²) in [5.74, 6) is -0.0753. The summed E-state index contributed by atoms with van der Waals surface area (Å²) in [5.41, 5.74) is 6.24. The van der Waals surface area contributed by atoms with Crippen LogP contribution in [0.2, 0.25) is 0 Å². The first kappa shape index (κ1) is 16.4. The van der Waals surface area contributed by atoms with E-state index in [0.29, 0.717) is 49.5 Å². The number of rotatable bonds is 6. The third-order valence-corrected chi connectivity index (χ3v) is 4.22. The lowest BCUT2D eigenvalue weighted by atomic mass is 9.94. The minimum Gasteiger partial charge on any atom is -0.366 e. The molecular formula is C16H22FN3O2. The van der Waals surface area contributed by atoms with Crippen LogP contribution in [0.1, 0.15) is 41.7 Å². The molecule has 120 valence electrons. The van der Waals surface area contributed by atoms with Crippen LogP contribution in [0.5, 0.6) is 0 Å². The minimum absolute atomic E-state index is 0.0553. The second-order valence-corrected chi connectivity index (χ2v) is 5.66. The molecule has 1 fully saturated rings. The number of alkyl halides is 1. The predicted molar refractivity (Wildman–Crippen MR) is 81.0 cm³/mol. The van der Waals surface area contributed by atoms with Crippen molar-refractivity contribution in [1.82, 2.24) is 9.88 Å². The third kappa shape index (κ3) is 4.26. The maximum Gasteiger partial charge on any atom is 0.250 e. The van der Waals surface area contributed by atoms with Gasteiger partial charge in [0.1, 0.15) is 0 Å². The maximum atomic E-state index is 12.3. The van der Waals surface area contributed by atoms with Gasteiger partial charge in [-0.15, -0.1) is 0 Å². The number of carbonyl (C=O) groups excluding carboxylic acids is 2. The Morgan fingerprint density at radius 3 is 2.73 bits per heavy atom. The highest BCUT2D eigenvalue weighted by Gasteiger charge is 2.22. The zero-order valence-corrected chi connectivity index (χ0v) is 12.6. The molecule has 1 aliphatic heterocycles. The monoisotopic (exact) mass is 307 g/mol. The molecule has 1 aliphatic rings. The molecule has 6 heteroatoms. The number of likely N-dealkylation sites (tertiary alicyclic amines) is 1. The highest BCUT2D eigenvalue weighted by Crippen LogP contribution is 2.21. The summed E-state index contributed by atoms with van der Waals surface area (Å²) in [4.78, 5) is 29.5. The van der Waals surface area contributed by atoms with Crippen LogP contribution < -0.4 is 5.73 Å². The Hall–Kier alpha value is -1.98. The highest BCUT2D eigenvalue weighted by molar-refractivity contribution is 5.94. The molecule has 0 radical (unpaired) electrons. The van der Waals surface area contributed by atoms with E-state index >= 15 is 0 Å². The standard InChI is InChI=1S/C16H22FN3O2/c17-8-5-12-6-10-20(11-7-12)15(21)4-3-14-13(16(18)22)2-1-9-19-14/h1-2,9,12H,3-8,10-11H2,(H2,18,22). The topological polar surface area (TPSA) is 76.3 Å². The van der Waals surface area contributed by atoms with Crippen molar-refractivity contribution >= 4 is 11.8 Å². The van der Waals surface area contributed by atoms with Crippen LogP contribution in [0.25, 0.3) is 0 Å². The van der Waals surface area contributed by atoms with E-state index in [1.54, 1.807) is 18.3 Å². The second kappa shape index (κ2) is 7.87. The van der Waals surface area contributed by atoms with Crippen LogP contribution in [0, 0.1) is 5.92 Å². The van der Waals surface area contributed by atoms with Crippen molar-refractivity contribution in [1.29, 1.82) is 0 Å². The van der Waals surface area contributed by atoms with Crippen molar-refractivity contribution < 1.29 is 14.0 Å². The first-order valence-corrected chi connectivity index (χ1v) is 7.69. The molecule has 22 heavy (non-hydrogen) atoms. The summed E-state index contributed by atoms with van der Waals surface area (Å²) in [7, 11) is 0. The number of pyridine rings is 1. The zero-order valence-electron chi connectivity index (χ0n) is 12.6. The van der Waals surface area contributed by atoms with Crippen molar-refractivity contribution in [3.63, 3.8) is 0 Å². The predicted octanol–water partition coefficient (Wildman–Crippen LogP) is 1.71. The van der Waals surface area contributed by atoms with Gasteiger partial charge < -0.3 is 10.6 Å². The maximum absolute atomic E-state index is 12.3. The van der Waals surface area contributed by atoms with Crippen LogP contribution in [-0.2, 0) is 11.2 Å². The Bertz CT molecular complexity index is 528. The average molecular weight is 307 g/mol. The molecule has 0 bridgehead atoms. The number of nitrogens with zero attached hydrogens (tertiary/aromatic N) is 2. The number of halogens is 1. The van der Waals surface area contributed by atoms with Gasteiger partial charge in [0.2, 0.25) is 5.91 Å². The quantitative estimate of drug-likeness (QED) is 0.869. The van der Waals surface area contributed by atoms with E-state index in [4.69, 9.17) is 5.73 Å². The van der Waals surface area contributed by atoms with Gasteiger partial charge in [-0.3, -0.25) is 19.0 Å². The molecule has 0 atom stereocenters. The second-order valence-electron chi connectivity index (χ2n) is 5.66. The molecule has 1 aromatic rings. The summed E-state index contributed by atoms with van der Waals surface area (Å²) in [6.45, 7) is 1.09. The summed E-state index contributed by atoms with van der Waals surface area (Å²) >= 11 is 0. The van der Waals surface area contributed by atoms with Crippen LogP contribution in [0.4, 0.5) is 4.39 Å². The lowest BCUT2D eigenvalue weighted by molar-refractivity contribution is -0.132. The number of carbonyl (C=O) groups is 2. The molecular weight excluding hydrogens is 285 g/mol. The van der Waals surface area contributed by atoms with Crippen LogP contribution in [0.3, 0.4) is 0 Å². The molecule has 0 unspecified atom stereocenters. The largest absolute Gasteiger partial charge is 0.366 e. The van der Waals surface area contributed by atoms with Gasteiger partial charge in [-0.2, -0.15) is 0 Å². The summed E-state index contributed by atoms with van der Waals surface area (Å²) in [5, 5.41) is 0. The smallest absolute Gasteiger partial charge is 0.250 e. The van der Waals surface area contributed by atoms with Gasteiger partial charge in [-0.05, 0) is 43.7 Å². The van der Waals surface area contributed by atoms with E-state index in [0.717, 1.165) is 12.8 Å². The summed E-state index contributed by atoms with van der Waals surface area (Å²) in [6.07, 6.45) is 4.64. The summed E-state index contributed by atoms with van der Waals surface area (Å²) in [6, 6.07) is 3.28. The molecule has 5 nitrogen and oxygen atoms in total. The SMILES string of the molecule is NC(=O)c1cccnc1CCC(=O)N1CCC(CCF)CC1. The molecule has 0 aliphatic carbocycles. The van der Waals surface area contributed by atoms with Crippen molar-refractivity contribution in [3.05, 3.63) is 29.6 Å². The van der Waals surface area contributed by atoms with E-state index in [-0.39, 0.29) is 12.6 Å². The molecule has 1 saturated heterocycles. The van der Waals surface area contributed by atoms with Gasteiger partial charge in [0.05, 0.1) is 17.9 Å². The Balaban J connectivity index is 1.85. The third-order valence-electron chi connectivity index (χ3n) is 4.22. The lowest BCUT2D eigenvalue weighted by Crippen LogP contribution is -2.38. The number of aryl methyl sites for hydroxylation is 1. The minimum atomic E-state index is -0.525. The van der Waals surface area contributed by atoms with Gasteiger partial charge in [-0.25, -0.2) is 0 Å². The van der Waals surface area contributed by atoms with Crippen LogP contribution in [-0.4, -0.2) is 41.5 Å². The van der Waals surface area contributed by atoms with Crippen molar-refractivity contribution in [2.24, 2.45) is 11.7 Å². The molecule has 0 aromatic carbocycles. The van der Waals surface area contributed by atoms with Gasteiger partial charge in [0.15, 0.2) is 0 Å². The first-order chi connectivity index (χ1) is 10.6. The first-order valence-electron chi connectivity index (χ1n) is 7.69. The number of amides is 2. The molecule has 2 rings (SSSR count). The van der Waals surface area contributed by atoms with Crippen molar-refractivity contribution in [2.45, 2.75) is 32.1 Å². The Morgan fingerprint density at radius 2 is 2.09 bits per heavy atom. The van der Waals surface area contributed by atoms with Crippen molar-refractivity contribution in [3.8, 4) is 0 Å². The van der Waals surface area contributed by atoms with Gasteiger partial charge in [0.25, 0.3) is 5.91 Å². The van der Waals surface area contributed by atoms with E-state index in [2.05, 4.69) is 4.98 Å². The Kier molecular flexibility index (Phi) is 5.86. The van der Waals surface area contributed by atoms with Gasteiger partial charge >= 0.3 is 0 Å². The van der Waals surface area contributed by atoms with E-state index in [9.17, 15) is 14.0 Å². The normalized spacial score (nSPS) is 15.8. The fourth-order valence-corrected chi connectivity index (χ4v) is 2.87. The number of primary amides is 1. The van der Waals surface area contributed by atoms with E-state index in [1.807, 2.05) is 4.90 Å².